The number of rotatable bonds is 6. The highest BCUT2D eigenvalue weighted by molar-refractivity contribution is 6.01. The van der Waals surface area contributed by atoms with E-state index in [0.717, 1.165) is 63.1 Å². The lowest BCUT2D eigenvalue weighted by atomic mass is 9.95. The Bertz CT molecular complexity index is 1150. The molecule has 0 bridgehead atoms. The Morgan fingerprint density at radius 3 is 2.62 bits per heavy atom. The summed E-state index contributed by atoms with van der Waals surface area (Å²) in [6, 6.07) is 10.2. The van der Waals surface area contributed by atoms with E-state index in [1.807, 2.05) is 38.1 Å². The third-order valence-corrected chi connectivity index (χ3v) is 6.35. The predicted octanol–water partition coefficient (Wildman–Crippen LogP) is 6.28. The maximum absolute atomic E-state index is 12.7. The van der Waals surface area contributed by atoms with E-state index in [2.05, 4.69) is 11.4 Å². The fraction of sp³-hybridized carbons (Fsp3) is 0.370. The van der Waals surface area contributed by atoms with Gasteiger partial charge in [-0.25, -0.2) is 0 Å². The number of allylic oxidation sites excluding steroid dienone is 1. The van der Waals surface area contributed by atoms with E-state index in [9.17, 15) is 4.79 Å². The third-order valence-electron chi connectivity index (χ3n) is 6.35. The maximum atomic E-state index is 12.7. The number of furan rings is 1. The zero-order chi connectivity index (χ0) is 22.7. The molecule has 1 aliphatic carbocycles. The number of aryl methyl sites for hydroxylation is 1. The van der Waals surface area contributed by atoms with Crippen LogP contribution in [0, 0.1) is 6.92 Å². The van der Waals surface area contributed by atoms with Crippen molar-refractivity contribution in [1.82, 2.24) is 5.32 Å². The summed E-state index contributed by atoms with van der Waals surface area (Å²) in [5.41, 5.74) is 5.43. The van der Waals surface area contributed by atoms with E-state index in [1.165, 1.54) is 19.3 Å². The number of hydrogen-bond acceptors (Lipinski definition) is 4. The first-order valence-electron chi connectivity index (χ1n) is 11.2. The molecule has 1 aliphatic rings. The molecule has 1 N–H and O–H groups in total. The molecule has 1 fully saturated rings. The van der Waals surface area contributed by atoms with Crippen LogP contribution in [0.1, 0.15) is 50.2 Å². The summed E-state index contributed by atoms with van der Waals surface area (Å²) in [4.78, 5) is 12.7. The smallest absolute Gasteiger partial charge is 0.244 e. The molecule has 0 unspecified atom stereocenters. The molecule has 0 aliphatic heterocycles. The Balaban J connectivity index is 1.73. The Kier molecular flexibility index (Phi) is 6.54. The van der Waals surface area contributed by atoms with Crippen molar-refractivity contribution in [3.63, 3.8) is 0 Å². The molecule has 2 aromatic carbocycles. The molecule has 1 aromatic heterocycles. The average molecular weight is 434 g/mol. The summed E-state index contributed by atoms with van der Waals surface area (Å²) in [7, 11) is 3.31. The van der Waals surface area contributed by atoms with Crippen molar-refractivity contribution >= 4 is 22.4 Å². The van der Waals surface area contributed by atoms with Gasteiger partial charge in [0, 0.05) is 34.2 Å². The van der Waals surface area contributed by atoms with Crippen LogP contribution >= 0.6 is 0 Å². The highest BCUT2D eigenvalue weighted by Gasteiger charge is 2.20. The van der Waals surface area contributed by atoms with Crippen LogP contribution in [0.3, 0.4) is 0 Å². The van der Waals surface area contributed by atoms with Crippen LogP contribution in [0.25, 0.3) is 27.7 Å². The topological polar surface area (TPSA) is 60.7 Å². The van der Waals surface area contributed by atoms with Gasteiger partial charge in [-0.05, 0) is 56.0 Å². The van der Waals surface area contributed by atoms with Gasteiger partial charge >= 0.3 is 0 Å². The highest BCUT2D eigenvalue weighted by Crippen LogP contribution is 2.41. The normalized spacial score (nSPS) is 15.1. The number of benzene rings is 2. The molecular formula is C27H31NO4. The molecule has 5 nitrogen and oxygen atoms in total. The van der Waals surface area contributed by atoms with Crippen LogP contribution in [0.2, 0.25) is 0 Å². The van der Waals surface area contributed by atoms with Gasteiger partial charge in [0.25, 0.3) is 0 Å². The molecule has 1 heterocycles. The van der Waals surface area contributed by atoms with E-state index < -0.39 is 0 Å². The third kappa shape index (κ3) is 4.38. The van der Waals surface area contributed by atoms with Crippen molar-refractivity contribution in [3.8, 4) is 22.6 Å². The van der Waals surface area contributed by atoms with Crippen molar-refractivity contribution in [2.75, 3.05) is 14.2 Å². The van der Waals surface area contributed by atoms with Gasteiger partial charge in [-0.1, -0.05) is 31.4 Å². The van der Waals surface area contributed by atoms with Gasteiger partial charge in [0.05, 0.1) is 20.5 Å². The summed E-state index contributed by atoms with van der Waals surface area (Å²) in [5, 5.41) is 4.14. The largest absolute Gasteiger partial charge is 0.497 e. The number of carbonyl (C=O) groups excluding carboxylic acids is 1. The zero-order valence-corrected chi connectivity index (χ0v) is 19.3. The first-order valence-corrected chi connectivity index (χ1v) is 11.2. The molecule has 1 saturated carbocycles. The zero-order valence-electron chi connectivity index (χ0n) is 19.3. The summed E-state index contributed by atoms with van der Waals surface area (Å²) in [5.74, 6) is 1.47. The second kappa shape index (κ2) is 9.51. The minimum absolute atomic E-state index is 0.0468. The number of nitrogens with one attached hydrogen (secondary N) is 1. The van der Waals surface area contributed by atoms with E-state index in [0.29, 0.717) is 0 Å². The van der Waals surface area contributed by atoms with Gasteiger partial charge in [-0.3, -0.25) is 4.79 Å². The van der Waals surface area contributed by atoms with E-state index in [-0.39, 0.29) is 11.9 Å². The van der Waals surface area contributed by atoms with E-state index in [4.69, 9.17) is 13.9 Å². The molecule has 0 atom stereocenters. The number of ether oxygens (including phenoxy) is 2. The van der Waals surface area contributed by atoms with Crippen LogP contribution < -0.4 is 14.8 Å². The lowest BCUT2D eigenvalue weighted by Crippen LogP contribution is -2.35. The molecule has 32 heavy (non-hydrogen) atoms. The second-order valence-electron chi connectivity index (χ2n) is 8.51. The molecule has 0 radical (unpaired) electrons. The van der Waals surface area contributed by atoms with Gasteiger partial charge < -0.3 is 19.2 Å². The van der Waals surface area contributed by atoms with Crippen LogP contribution in [0.15, 0.2) is 47.1 Å². The standard InChI is InChI=1S/C27H31NO4/c1-17(13-25(29)28-20-10-6-5-7-11-20)22-15-23-24(19-9-8-12-21(14-19)30-3)16-32-27(23)18(2)26(22)31-4/h8-9,12-16,20H,5-7,10-11H2,1-4H3,(H,28,29)/b17-13+. The van der Waals surface area contributed by atoms with Gasteiger partial charge in [0.2, 0.25) is 5.91 Å². The SMILES string of the molecule is COc1cccc(-c2coc3c(C)c(OC)c(/C(C)=C/C(=O)NC4CCCCC4)cc23)c1. The van der Waals surface area contributed by atoms with Crippen molar-refractivity contribution in [1.29, 1.82) is 0 Å². The fourth-order valence-electron chi connectivity index (χ4n) is 4.65. The highest BCUT2D eigenvalue weighted by atomic mass is 16.5. The molecule has 5 heteroatoms. The number of methoxy groups -OCH3 is 2. The Morgan fingerprint density at radius 2 is 1.91 bits per heavy atom. The van der Waals surface area contributed by atoms with Gasteiger partial charge in [-0.2, -0.15) is 0 Å². The van der Waals surface area contributed by atoms with E-state index in [1.54, 1.807) is 26.6 Å². The number of amides is 1. The summed E-state index contributed by atoms with van der Waals surface area (Å²) >= 11 is 0. The molecule has 4 rings (SSSR count). The first-order chi connectivity index (χ1) is 15.5. The van der Waals surface area contributed by atoms with Crippen LogP contribution in [-0.2, 0) is 4.79 Å². The van der Waals surface area contributed by atoms with Crippen molar-refractivity contribution in [2.24, 2.45) is 0 Å². The number of carbonyl (C=O) groups is 1. The van der Waals surface area contributed by atoms with Gasteiger partial charge in [-0.15, -0.1) is 0 Å². The first kappa shape index (κ1) is 22.0. The van der Waals surface area contributed by atoms with E-state index >= 15 is 0 Å². The second-order valence-corrected chi connectivity index (χ2v) is 8.51. The number of hydrogen-bond donors (Lipinski definition) is 1. The molecule has 1 amide bonds. The van der Waals surface area contributed by atoms with Crippen molar-refractivity contribution < 1.29 is 18.7 Å². The van der Waals surface area contributed by atoms with Crippen LogP contribution in [-0.4, -0.2) is 26.2 Å². The Labute approximate surface area is 189 Å². The molecule has 3 aromatic rings. The maximum Gasteiger partial charge on any atom is 0.244 e. The summed E-state index contributed by atoms with van der Waals surface area (Å²) in [6.45, 7) is 3.94. The number of fused-ring (bicyclic) bond motifs is 1. The summed E-state index contributed by atoms with van der Waals surface area (Å²) in [6.07, 6.45) is 9.21. The molecule has 0 spiro atoms. The molecular weight excluding hydrogens is 402 g/mol. The molecule has 168 valence electrons. The average Bonchev–Trinajstić information content (AvgIpc) is 3.24. The lowest BCUT2D eigenvalue weighted by Gasteiger charge is -2.22. The Hall–Kier alpha value is -3.21. The molecule has 0 saturated heterocycles. The van der Waals surface area contributed by atoms with Crippen molar-refractivity contribution in [3.05, 3.63) is 53.8 Å². The van der Waals surface area contributed by atoms with Crippen LogP contribution in [0.5, 0.6) is 11.5 Å². The minimum Gasteiger partial charge on any atom is -0.497 e. The monoisotopic (exact) mass is 433 g/mol. The summed E-state index contributed by atoms with van der Waals surface area (Å²) < 4.78 is 17.1. The fourth-order valence-corrected chi connectivity index (χ4v) is 4.65. The predicted molar refractivity (Wildman–Crippen MR) is 128 cm³/mol. The van der Waals surface area contributed by atoms with Gasteiger partial charge in [0.15, 0.2) is 0 Å². The van der Waals surface area contributed by atoms with Crippen molar-refractivity contribution in [2.45, 2.75) is 52.0 Å². The Morgan fingerprint density at radius 1 is 1.12 bits per heavy atom. The quantitative estimate of drug-likeness (QED) is 0.465. The van der Waals surface area contributed by atoms with Crippen LogP contribution in [0.4, 0.5) is 0 Å². The minimum atomic E-state index is -0.0468. The lowest BCUT2D eigenvalue weighted by molar-refractivity contribution is -0.117. The van der Waals surface area contributed by atoms with Gasteiger partial charge in [0.1, 0.15) is 17.1 Å².